The van der Waals surface area contributed by atoms with Gasteiger partial charge < -0.3 is 10.0 Å². The molecule has 0 aromatic carbocycles. The Morgan fingerprint density at radius 1 is 1.60 bits per heavy atom. The average Bonchev–Trinajstić information content (AvgIpc) is 2.68. The summed E-state index contributed by atoms with van der Waals surface area (Å²) in [7, 11) is 1.60. The fourth-order valence-corrected chi connectivity index (χ4v) is 1.07. The molecule has 2 N–H and O–H groups in total. The highest BCUT2D eigenvalue weighted by Crippen LogP contribution is 1.99. The number of hydrogen-bond acceptors (Lipinski definition) is 4. The average molecular weight is 212 g/mol. The Hall–Kier alpha value is -1.92. The van der Waals surface area contributed by atoms with Gasteiger partial charge in [0.2, 0.25) is 0 Å². The van der Waals surface area contributed by atoms with Crippen molar-refractivity contribution in [1.82, 2.24) is 20.3 Å². The van der Waals surface area contributed by atoms with Crippen LogP contribution in [0, 0.1) is 0 Å². The van der Waals surface area contributed by atoms with Crippen LogP contribution in [0.1, 0.15) is 23.3 Å². The molecule has 0 fully saturated rings. The van der Waals surface area contributed by atoms with E-state index in [2.05, 4.69) is 15.4 Å². The molecule has 0 aliphatic rings. The monoisotopic (exact) mass is 212 g/mol. The number of carbonyl (C=O) groups is 2. The highest BCUT2D eigenvalue weighted by atomic mass is 16.4. The van der Waals surface area contributed by atoms with Crippen LogP contribution in [0.2, 0.25) is 0 Å². The molecule has 1 amide bonds. The predicted octanol–water partition coefficient (Wildman–Crippen LogP) is -0.259. The third-order valence-corrected chi connectivity index (χ3v) is 1.87. The number of carboxylic acids is 1. The number of aromatic amines is 1. The van der Waals surface area contributed by atoms with Crippen molar-refractivity contribution in [3.63, 3.8) is 0 Å². The summed E-state index contributed by atoms with van der Waals surface area (Å²) in [6.45, 7) is 0.387. The second kappa shape index (κ2) is 5.08. The van der Waals surface area contributed by atoms with Crippen molar-refractivity contribution in [2.45, 2.75) is 12.8 Å². The fraction of sp³-hybridized carbons (Fsp3) is 0.500. The van der Waals surface area contributed by atoms with Crippen LogP contribution in [0.15, 0.2) is 6.20 Å². The molecule has 1 heterocycles. The summed E-state index contributed by atoms with van der Waals surface area (Å²) >= 11 is 0. The van der Waals surface area contributed by atoms with Crippen LogP contribution < -0.4 is 0 Å². The zero-order valence-corrected chi connectivity index (χ0v) is 8.30. The lowest BCUT2D eigenvalue weighted by Crippen LogP contribution is -2.28. The zero-order valence-electron chi connectivity index (χ0n) is 8.30. The Balaban J connectivity index is 2.37. The van der Waals surface area contributed by atoms with Gasteiger partial charge in [-0.05, 0) is 6.42 Å². The first-order valence-corrected chi connectivity index (χ1v) is 4.44. The number of aliphatic carboxylic acids is 1. The van der Waals surface area contributed by atoms with E-state index in [1.807, 2.05) is 0 Å². The van der Waals surface area contributed by atoms with Crippen LogP contribution in [0.25, 0.3) is 0 Å². The molecule has 1 aromatic rings. The van der Waals surface area contributed by atoms with Crippen molar-refractivity contribution in [3.8, 4) is 0 Å². The maximum atomic E-state index is 11.5. The molecule has 0 spiro atoms. The molecule has 1 rings (SSSR count). The van der Waals surface area contributed by atoms with E-state index < -0.39 is 5.97 Å². The minimum Gasteiger partial charge on any atom is -0.481 e. The SMILES string of the molecule is CN(CCCC(=O)O)C(=O)c1cn[nH]n1. The number of rotatable bonds is 5. The van der Waals surface area contributed by atoms with Gasteiger partial charge in [0.05, 0.1) is 6.20 Å². The molecule has 7 nitrogen and oxygen atoms in total. The number of hydrogen-bond donors (Lipinski definition) is 2. The third kappa shape index (κ3) is 3.37. The molecule has 0 saturated carbocycles. The number of amides is 1. The molecule has 0 bridgehead atoms. The first kappa shape index (κ1) is 11.2. The second-order valence-electron chi connectivity index (χ2n) is 3.08. The van der Waals surface area contributed by atoms with Crippen LogP contribution in [0.4, 0.5) is 0 Å². The molecule has 15 heavy (non-hydrogen) atoms. The first-order chi connectivity index (χ1) is 7.11. The van der Waals surface area contributed by atoms with Gasteiger partial charge in [-0.25, -0.2) is 0 Å². The van der Waals surface area contributed by atoms with Crippen molar-refractivity contribution in [1.29, 1.82) is 0 Å². The van der Waals surface area contributed by atoms with E-state index in [4.69, 9.17) is 5.11 Å². The van der Waals surface area contributed by atoms with Gasteiger partial charge in [-0.1, -0.05) is 0 Å². The maximum Gasteiger partial charge on any atom is 0.303 e. The van der Waals surface area contributed by atoms with Gasteiger partial charge in [0, 0.05) is 20.0 Å². The number of nitrogens with one attached hydrogen (secondary N) is 1. The smallest absolute Gasteiger partial charge is 0.303 e. The summed E-state index contributed by atoms with van der Waals surface area (Å²) in [5.41, 5.74) is 0.229. The third-order valence-electron chi connectivity index (χ3n) is 1.87. The largest absolute Gasteiger partial charge is 0.481 e. The molecule has 0 aliphatic heterocycles. The van der Waals surface area contributed by atoms with Crippen LogP contribution in [-0.2, 0) is 4.79 Å². The number of carbonyl (C=O) groups excluding carboxylic acids is 1. The van der Waals surface area contributed by atoms with Gasteiger partial charge in [0.15, 0.2) is 5.69 Å². The van der Waals surface area contributed by atoms with E-state index in [1.165, 1.54) is 11.1 Å². The lowest BCUT2D eigenvalue weighted by atomic mass is 10.3. The number of nitrogens with zero attached hydrogens (tertiary/aromatic N) is 3. The molecule has 0 radical (unpaired) electrons. The van der Waals surface area contributed by atoms with Gasteiger partial charge in [0.1, 0.15) is 0 Å². The van der Waals surface area contributed by atoms with Gasteiger partial charge in [-0.15, -0.1) is 0 Å². The summed E-state index contributed by atoms with van der Waals surface area (Å²) < 4.78 is 0. The van der Waals surface area contributed by atoms with Gasteiger partial charge in [-0.2, -0.15) is 15.4 Å². The summed E-state index contributed by atoms with van der Waals surface area (Å²) in [6, 6.07) is 0. The summed E-state index contributed by atoms with van der Waals surface area (Å²) in [5, 5.41) is 17.9. The Labute approximate surface area is 86.1 Å². The summed E-state index contributed by atoms with van der Waals surface area (Å²) in [6.07, 6.45) is 1.81. The van der Waals surface area contributed by atoms with Crippen LogP contribution in [-0.4, -0.2) is 50.9 Å². The maximum absolute atomic E-state index is 11.5. The van der Waals surface area contributed by atoms with E-state index in [1.54, 1.807) is 7.05 Å². The van der Waals surface area contributed by atoms with Gasteiger partial charge in [-0.3, -0.25) is 9.59 Å². The highest BCUT2D eigenvalue weighted by molar-refractivity contribution is 5.91. The van der Waals surface area contributed by atoms with E-state index >= 15 is 0 Å². The normalized spacial score (nSPS) is 9.93. The van der Waals surface area contributed by atoms with Gasteiger partial charge >= 0.3 is 5.97 Å². The number of carboxylic acid groups (broad SMARTS) is 1. The number of aromatic nitrogens is 3. The highest BCUT2D eigenvalue weighted by Gasteiger charge is 2.13. The van der Waals surface area contributed by atoms with Crippen molar-refractivity contribution in [3.05, 3.63) is 11.9 Å². The summed E-state index contributed by atoms with van der Waals surface area (Å²) in [5.74, 6) is -1.13. The minimum absolute atomic E-state index is 0.0520. The Bertz CT molecular complexity index is 336. The van der Waals surface area contributed by atoms with E-state index in [-0.39, 0.29) is 18.0 Å². The van der Waals surface area contributed by atoms with Crippen LogP contribution >= 0.6 is 0 Å². The van der Waals surface area contributed by atoms with Crippen LogP contribution in [0.5, 0.6) is 0 Å². The fourth-order valence-electron chi connectivity index (χ4n) is 1.07. The molecular formula is C8H12N4O3. The van der Waals surface area contributed by atoms with E-state index in [0.717, 1.165) is 0 Å². The van der Waals surface area contributed by atoms with Crippen molar-refractivity contribution in [2.75, 3.05) is 13.6 Å². The Kier molecular flexibility index (Phi) is 3.78. The van der Waals surface area contributed by atoms with Crippen LogP contribution in [0.3, 0.4) is 0 Å². The molecule has 0 saturated heterocycles. The minimum atomic E-state index is -0.864. The van der Waals surface area contributed by atoms with Crippen molar-refractivity contribution >= 4 is 11.9 Å². The topological polar surface area (TPSA) is 99.2 Å². The Morgan fingerprint density at radius 3 is 2.87 bits per heavy atom. The van der Waals surface area contributed by atoms with Gasteiger partial charge in [0.25, 0.3) is 5.91 Å². The molecular weight excluding hydrogens is 200 g/mol. The molecule has 82 valence electrons. The molecule has 0 unspecified atom stereocenters. The second-order valence-corrected chi connectivity index (χ2v) is 3.08. The lowest BCUT2D eigenvalue weighted by Gasteiger charge is -2.14. The Morgan fingerprint density at radius 2 is 2.33 bits per heavy atom. The lowest BCUT2D eigenvalue weighted by molar-refractivity contribution is -0.137. The zero-order chi connectivity index (χ0) is 11.3. The van der Waals surface area contributed by atoms with Crippen molar-refractivity contribution < 1.29 is 14.7 Å². The summed E-state index contributed by atoms with van der Waals surface area (Å²) in [4.78, 5) is 23.2. The first-order valence-electron chi connectivity index (χ1n) is 4.44. The molecule has 7 heteroatoms. The quantitative estimate of drug-likeness (QED) is 0.700. The van der Waals surface area contributed by atoms with E-state index in [9.17, 15) is 9.59 Å². The van der Waals surface area contributed by atoms with Crippen molar-refractivity contribution in [2.24, 2.45) is 0 Å². The standard InChI is InChI=1S/C8H12N4O3/c1-12(4-2-3-7(13)14)8(15)6-5-9-11-10-6/h5H,2-4H2,1H3,(H,13,14)(H,9,10,11). The molecule has 0 aliphatic carbocycles. The molecule has 1 aromatic heterocycles. The number of H-pyrrole nitrogens is 1. The molecule has 0 atom stereocenters. The van der Waals surface area contributed by atoms with E-state index in [0.29, 0.717) is 13.0 Å². The predicted molar refractivity (Wildman–Crippen MR) is 50.2 cm³/mol.